The fourth-order valence-electron chi connectivity index (χ4n) is 4.19. The summed E-state index contributed by atoms with van der Waals surface area (Å²) in [6, 6.07) is 14.5. The molecule has 0 unspecified atom stereocenters. The predicted molar refractivity (Wildman–Crippen MR) is 123 cm³/mol. The number of primary amides is 1. The van der Waals surface area contributed by atoms with Crippen LogP contribution in [0.3, 0.4) is 0 Å². The third kappa shape index (κ3) is 5.74. The second-order valence-corrected chi connectivity index (χ2v) is 8.58. The van der Waals surface area contributed by atoms with E-state index in [9.17, 15) is 22.8 Å². The van der Waals surface area contributed by atoms with Crippen molar-refractivity contribution in [2.75, 3.05) is 6.61 Å². The van der Waals surface area contributed by atoms with Crippen molar-refractivity contribution < 1.29 is 27.5 Å². The minimum Gasteiger partial charge on any atom is -0.468 e. The number of aromatic nitrogens is 1. The number of benzene rings is 2. The van der Waals surface area contributed by atoms with Gasteiger partial charge in [0.15, 0.2) is 6.61 Å². The van der Waals surface area contributed by atoms with Crippen molar-refractivity contribution in [1.29, 1.82) is 0 Å². The number of pyridine rings is 1. The largest absolute Gasteiger partial charge is 0.468 e. The van der Waals surface area contributed by atoms with Crippen LogP contribution in [0.25, 0.3) is 0 Å². The number of nitrogens with two attached hydrogens (primary N) is 1. The summed E-state index contributed by atoms with van der Waals surface area (Å²) in [6.07, 6.45) is -1.95. The number of hydrogen-bond donors (Lipinski definition) is 1. The van der Waals surface area contributed by atoms with Crippen LogP contribution in [-0.2, 0) is 13.0 Å². The van der Waals surface area contributed by atoms with Gasteiger partial charge < -0.3 is 15.4 Å². The third-order valence-corrected chi connectivity index (χ3v) is 6.02. The highest BCUT2D eigenvalue weighted by atomic mass is 35.5. The van der Waals surface area contributed by atoms with E-state index in [4.69, 9.17) is 17.3 Å². The summed E-state index contributed by atoms with van der Waals surface area (Å²) < 4.78 is 41.9. The monoisotopic (exact) mass is 503 g/mol. The van der Waals surface area contributed by atoms with Gasteiger partial charge in [0.2, 0.25) is 11.8 Å². The lowest BCUT2D eigenvalue weighted by atomic mass is 10.0. The Kier molecular flexibility index (Phi) is 6.98. The number of fused-ring (bicyclic) bond motifs is 1. The van der Waals surface area contributed by atoms with Gasteiger partial charge in [-0.05, 0) is 53.8 Å². The molecule has 2 N–H and O–H groups in total. The topological polar surface area (TPSA) is 85.5 Å². The molecule has 0 bridgehead atoms. The van der Waals surface area contributed by atoms with Crippen LogP contribution in [0.4, 0.5) is 13.2 Å². The summed E-state index contributed by atoms with van der Waals surface area (Å²) in [5, 5.41) is 0.536. The molecule has 182 valence electrons. The van der Waals surface area contributed by atoms with E-state index in [1.165, 1.54) is 18.3 Å². The Labute approximate surface area is 204 Å². The first-order chi connectivity index (χ1) is 16.6. The smallest absolute Gasteiger partial charge is 0.422 e. The van der Waals surface area contributed by atoms with E-state index in [1.807, 2.05) is 12.1 Å². The molecule has 0 saturated heterocycles. The van der Waals surface area contributed by atoms with Crippen molar-refractivity contribution in [1.82, 2.24) is 9.88 Å². The molecule has 1 atom stereocenters. The van der Waals surface area contributed by atoms with E-state index in [1.54, 1.807) is 35.2 Å². The summed E-state index contributed by atoms with van der Waals surface area (Å²) in [5.74, 6) is -1.27. The molecule has 4 rings (SSSR count). The zero-order valence-corrected chi connectivity index (χ0v) is 19.1. The van der Waals surface area contributed by atoms with E-state index >= 15 is 0 Å². The maximum Gasteiger partial charge on any atom is 0.422 e. The highest BCUT2D eigenvalue weighted by Crippen LogP contribution is 2.39. The van der Waals surface area contributed by atoms with Gasteiger partial charge in [-0.1, -0.05) is 35.9 Å². The molecule has 1 heterocycles. The molecular weight excluding hydrogens is 483 g/mol. The van der Waals surface area contributed by atoms with Gasteiger partial charge in [-0.3, -0.25) is 9.59 Å². The lowest BCUT2D eigenvalue weighted by molar-refractivity contribution is -0.154. The van der Waals surface area contributed by atoms with Crippen molar-refractivity contribution in [3.05, 3.63) is 93.6 Å². The highest BCUT2D eigenvalue weighted by Gasteiger charge is 2.33. The van der Waals surface area contributed by atoms with Gasteiger partial charge in [-0.15, -0.1) is 0 Å². The van der Waals surface area contributed by atoms with E-state index in [2.05, 4.69) is 9.72 Å². The second-order valence-electron chi connectivity index (χ2n) is 8.14. The SMILES string of the molecule is NC(=O)c1ccccc1CN(C(=O)c1ccc(OCC(F)(F)F)nc1)[C@@H]1CCc2ccc(Cl)cc21. The maximum atomic E-state index is 13.7. The van der Waals surface area contributed by atoms with Crippen LogP contribution < -0.4 is 10.5 Å². The number of hydrogen-bond acceptors (Lipinski definition) is 4. The first-order valence-corrected chi connectivity index (χ1v) is 11.1. The number of nitrogens with zero attached hydrogens (tertiary/aromatic N) is 2. The van der Waals surface area contributed by atoms with Crippen molar-refractivity contribution in [3.63, 3.8) is 0 Å². The Morgan fingerprint density at radius 1 is 1.14 bits per heavy atom. The van der Waals surface area contributed by atoms with Crippen LogP contribution in [0.2, 0.25) is 5.02 Å². The number of rotatable bonds is 7. The molecule has 2 aromatic carbocycles. The Bertz CT molecular complexity index is 1250. The average Bonchev–Trinajstić information content (AvgIpc) is 3.23. The van der Waals surface area contributed by atoms with Gasteiger partial charge in [0.25, 0.3) is 5.91 Å². The number of amides is 2. The Balaban J connectivity index is 1.67. The van der Waals surface area contributed by atoms with Crippen molar-refractivity contribution in [3.8, 4) is 5.88 Å². The Morgan fingerprint density at radius 2 is 1.91 bits per heavy atom. The van der Waals surface area contributed by atoms with Crippen LogP contribution in [0.5, 0.6) is 5.88 Å². The molecule has 3 aromatic rings. The number of ether oxygens (including phenoxy) is 1. The number of carbonyl (C=O) groups excluding carboxylic acids is 2. The maximum absolute atomic E-state index is 13.7. The quantitative estimate of drug-likeness (QED) is 0.486. The first-order valence-electron chi connectivity index (χ1n) is 10.7. The fraction of sp³-hybridized carbons (Fsp3) is 0.240. The van der Waals surface area contributed by atoms with Crippen molar-refractivity contribution in [2.24, 2.45) is 5.73 Å². The molecule has 6 nitrogen and oxygen atoms in total. The molecular formula is C25H21ClF3N3O3. The van der Waals surface area contributed by atoms with E-state index in [0.717, 1.165) is 17.5 Å². The molecule has 0 fully saturated rings. The minimum atomic E-state index is -4.50. The zero-order chi connectivity index (χ0) is 25.2. The van der Waals surface area contributed by atoms with Crippen LogP contribution in [0, 0.1) is 0 Å². The number of halogens is 4. The summed E-state index contributed by atoms with van der Waals surface area (Å²) in [4.78, 5) is 31.1. The zero-order valence-electron chi connectivity index (χ0n) is 18.4. The summed E-state index contributed by atoms with van der Waals surface area (Å²) in [7, 11) is 0. The van der Waals surface area contributed by atoms with Gasteiger partial charge in [0, 0.05) is 29.4 Å². The minimum absolute atomic E-state index is 0.0842. The van der Waals surface area contributed by atoms with Crippen molar-refractivity contribution >= 4 is 23.4 Å². The normalized spacial score (nSPS) is 14.9. The summed E-state index contributed by atoms with van der Waals surface area (Å²) in [5.41, 5.74) is 8.54. The van der Waals surface area contributed by atoms with E-state index in [-0.39, 0.29) is 24.0 Å². The van der Waals surface area contributed by atoms with Crippen molar-refractivity contribution in [2.45, 2.75) is 31.6 Å². The predicted octanol–water partition coefficient (Wildman–Crippen LogP) is 5.10. The van der Waals surface area contributed by atoms with Gasteiger partial charge >= 0.3 is 6.18 Å². The molecule has 1 aliphatic rings. The van der Waals surface area contributed by atoms with Gasteiger partial charge in [0.05, 0.1) is 11.6 Å². The van der Waals surface area contributed by atoms with Gasteiger partial charge in [0.1, 0.15) is 0 Å². The first kappa shape index (κ1) is 24.5. The van der Waals surface area contributed by atoms with Crippen LogP contribution in [0.1, 0.15) is 49.9 Å². The molecule has 0 aliphatic heterocycles. The third-order valence-electron chi connectivity index (χ3n) is 5.78. The van der Waals surface area contributed by atoms with Gasteiger partial charge in [-0.25, -0.2) is 4.98 Å². The molecule has 0 spiro atoms. The van der Waals surface area contributed by atoms with Crippen LogP contribution in [0.15, 0.2) is 60.8 Å². The number of alkyl halides is 3. The average molecular weight is 504 g/mol. The lowest BCUT2D eigenvalue weighted by Crippen LogP contribution is -2.34. The molecule has 0 saturated carbocycles. The highest BCUT2D eigenvalue weighted by molar-refractivity contribution is 6.30. The van der Waals surface area contributed by atoms with Gasteiger partial charge in [-0.2, -0.15) is 13.2 Å². The summed E-state index contributed by atoms with van der Waals surface area (Å²) in [6.45, 7) is -1.40. The molecule has 2 amide bonds. The summed E-state index contributed by atoms with van der Waals surface area (Å²) >= 11 is 6.23. The van der Waals surface area contributed by atoms with Crippen LogP contribution >= 0.6 is 11.6 Å². The Hall–Kier alpha value is -3.59. The number of aryl methyl sites for hydroxylation is 1. The second kappa shape index (κ2) is 9.95. The molecule has 1 aliphatic carbocycles. The standard InChI is InChI=1S/C25H21ClF3N3O3/c26-18-8-5-15-6-9-21(20(15)11-18)32(13-17-3-1-2-4-19(17)23(30)33)24(34)16-7-10-22(31-12-16)35-14-25(27,28)29/h1-5,7-8,10-12,21H,6,9,13-14H2,(H2,30,33)/t21-/m1/s1. The Morgan fingerprint density at radius 3 is 2.60 bits per heavy atom. The molecule has 0 radical (unpaired) electrons. The molecule has 1 aromatic heterocycles. The van der Waals surface area contributed by atoms with Crippen LogP contribution in [-0.4, -0.2) is 34.5 Å². The molecule has 10 heteroatoms. The lowest BCUT2D eigenvalue weighted by Gasteiger charge is -2.31. The van der Waals surface area contributed by atoms with E-state index < -0.39 is 24.6 Å². The van der Waals surface area contributed by atoms with E-state index in [0.29, 0.717) is 22.6 Å². The fourth-order valence-corrected chi connectivity index (χ4v) is 4.38. The molecule has 35 heavy (non-hydrogen) atoms. The number of carbonyl (C=O) groups is 2.